The Morgan fingerprint density at radius 3 is 1.36 bits per heavy atom. The summed E-state index contributed by atoms with van der Waals surface area (Å²) in [5.74, 6) is -0.587. The Morgan fingerprint density at radius 2 is 0.859 bits per heavy atom. The molecular weight excluding hydrogens is 791 g/mol. The van der Waals surface area contributed by atoms with E-state index in [1.807, 2.05) is 0 Å². The third-order valence-electron chi connectivity index (χ3n) is 12.0. The fourth-order valence-corrected chi connectivity index (χ4v) is 7.89. The molecular formula is C58H103NO5. The highest BCUT2D eigenvalue weighted by atomic mass is 16.5. The van der Waals surface area contributed by atoms with Crippen LogP contribution < -0.4 is 5.32 Å². The van der Waals surface area contributed by atoms with Crippen LogP contribution in [0.3, 0.4) is 0 Å². The third kappa shape index (κ3) is 45.9. The molecule has 0 aromatic heterocycles. The highest BCUT2D eigenvalue weighted by molar-refractivity contribution is 5.77. The van der Waals surface area contributed by atoms with Crippen LogP contribution in [0.15, 0.2) is 72.9 Å². The average Bonchev–Trinajstić information content (AvgIpc) is 3.29. The van der Waals surface area contributed by atoms with Crippen LogP contribution in [0.1, 0.15) is 258 Å². The van der Waals surface area contributed by atoms with Gasteiger partial charge in [0.2, 0.25) is 5.91 Å². The van der Waals surface area contributed by atoms with Gasteiger partial charge < -0.3 is 20.3 Å². The van der Waals surface area contributed by atoms with Gasteiger partial charge in [-0.2, -0.15) is 0 Å². The molecule has 0 heterocycles. The Balaban J connectivity index is 4.72. The molecule has 6 nitrogen and oxygen atoms in total. The number of carbonyl (C=O) groups is 2. The number of aliphatic hydroxyl groups excluding tert-OH is 2. The van der Waals surface area contributed by atoms with Crippen molar-refractivity contribution in [3.63, 3.8) is 0 Å². The van der Waals surface area contributed by atoms with Crippen molar-refractivity contribution in [2.24, 2.45) is 0 Å². The molecule has 0 saturated carbocycles. The smallest absolute Gasteiger partial charge is 0.306 e. The molecule has 3 N–H and O–H groups in total. The zero-order valence-corrected chi connectivity index (χ0v) is 42.1. The number of rotatable bonds is 48. The summed E-state index contributed by atoms with van der Waals surface area (Å²) in [7, 11) is 0. The quantitative estimate of drug-likeness (QED) is 0.0245. The second-order valence-corrected chi connectivity index (χ2v) is 18.3. The van der Waals surface area contributed by atoms with Crippen molar-refractivity contribution >= 4 is 11.9 Å². The van der Waals surface area contributed by atoms with E-state index in [0.29, 0.717) is 25.7 Å². The van der Waals surface area contributed by atoms with Gasteiger partial charge in [0.25, 0.3) is 0 Å². The molecule has 6 heteroatoms. The Hall–Kier alpha value is -2.70. The Kier molecular flexibility index (Phi) is 49.1. The summed E-state index contributed by atoms with van der Waals surface area (Å²) in [6.07, 6.45) is 65.4. The van der Waals surface area contributed by atoms with Crippen LogP contribution in [-0.2, 0) is 14.3 Å². The lowest BCUT2D eigenvalue weighted by Crippen LogP contribution is -2.46. The first kappa shape index (κ1) is 61.3. The third-order valence-corrected chi connectivity index (χ3v) is 12.0. The minimum atomic E-state index is -0.811. The summed E-state index contributed by atoms with van der Waals surface area (Å²) < 4.78 is 5.89. The second kappa shape index (κ2) is 51.3. The number of unbranched alkanes of at least 4 members (excludes halogenated alkanes) is 25. The fourth-order valence-electron chi connectivity index (χ4n) is 7.89. The summed E-state index contributed by atoms with van der Waals surface area (Å²) in [5.41, 5.74) is 0. The molecule has 0 rings (SSSR count). The monoisotopic (exact) mass is 894 g/mol. The van der Waals surface area contributed by atoms with Gasteiger partial charge in [0.05, 0.1) is 25.2 Å². The predicted octanol–water partition coefficient (Wildman–Crippen LogP) is 16.6. The second-order valence-electron chi connectivity index (χ2n) is 18.3. The van der Waals surface area contributed by atoms with Gasteiger partial charge in [-0.3, -0.25) is 9.59 Å². The van der Waals surface area contributed by atoms with Gasteiger partial charge >= 0.3 is 5.97 Å². The van der Waals surface area contributed by atoms with Gasteiger partial charge in [0.15, 0.2) is 0 Å². The maximum atomic E-state index is 13.2. The summed E-state index contributed by atoms with van der Waals surface area (Å²) in [4.78, 5) is 26.2. The number of hydrogen-bond donors (Lipinski definition) is 3. The van der Waals surface area contributed by atoms with E-state index < -0.39 is 18.2 Å². The molecule has 0 aliphatic carbocycles. The molecule has 64 heavy (non-hydrogen) atoms. The average molecular weight is 894 g/mol. The van der Waals surface area contributed by atoms with Crippen LogP contribution in [0.2, 0.25) is 0 Å². The van der Waals surface area contributed by atoms with E-state index in [1.54, 1.807) is 0 Å². The first-order valence-corrected chi connectivity index (χ1v) is 27.2. The van der Waals surface area contributed by atoms with Gasteiger partial charge in [-0.05, 0) is 83.5 Å². The Labute approximate surface area is 396 Å². The standard InChI is InChI=1S/C58H103NO5/c1-4-7-10-13-16-19-22-25-28-29-30-33-36-39-42-45-48-51-58(63)64-54(49-46-43-40-37-34-31-26-23-20-17-14-11-8-5-2)52-57(62)59-55(53-60)56(61)50-47-44-41-38-35-32-27-24-21-18-15-12-9-6-3/h16,19,25,28,30-31,33-34,37,39-40,42,54-56,60-61H,4-15,17-18,20-24,26-27,29,32,35-36,38,41,43-53H2,1-3H3,(H,59,62)/b19-16-,28-25-,33-30-,34-31+,40-37+,42-39-. The molecule has 0 bridgehead atoms. The van der Waals surface area contributed by atoms with Crippen LogP contribution in [0, 0.1) is 0 Å². The Morgan fingerprint density at radius 1 is 0.469 bits per heavy atom. The SMILES string of the molecule is CCCCC/C=C\C/C=C\C/C=C\C/C=C\CCCC(=O)OC(CCC/C=C/C=C/CCCCCCCCC)CC(=O)NC(CO)C(O)CCCCCCCCCCCCCCCC. The van der Waals surface area contributed by atoms with Gasteiger partial charge in [-0.15, -0.1) is 0 Å². The van der Waals surface area contributed by atoms with Gasteiger partial charge in [-0.1, -0.05) is 235 Å². The molecule has 0 aliphatic rings. The molecule has 0 saturated heterocycles. The minimum absolute atomic E-state index is 0.0209. The van der Waals surface area contributed by atoms with Crippen LogP contribution >= 0.6 is 0 Å². The zero-order valence-electron chi connectivity index (χ0n) is 42.1. The highest BCUT2D eigenvalue weighted by Gasteiger charge is 2.24. The maximum absolute atomic E-state index is 13.2. The van der Waals surface area contributed by atoms with Crippen molar-refractivity contribution in [3.8, 4) is 0 Å². The van der Waals surface area contributed by atoms with E-state index in [0.717, 1.165) is 64.2 Å². The summed E-state index contributed by atoms with van der Waals surface area (Å²) >= 11 is 0. The normalized spacial score (nSPS) is 13.8. The molecule has 0 radical (unpaired) electrons. The molecule has 370 valence electrons. The Bertz CT molecular complexity index is 1190. The van der Waals surface area contributed by atoms with Crippen LogP contribution in [0.4, 0.5) is 0 Å². The summed E-state index contributed by atoms with van der Waals surface area (Å²) in [6, 6.07) is -0.730. The zero-order chi connectivity index (χ0) is 46.7. The number of nitrogens with one attached hydrogen (secondary N) is 1. The van der Waals surface area contributed by atoms with Crippen molar-refractivity contribution in [2.45, 2.75) is 277 Å². The van der Waals surface area contributed by atoms with Crippen LogP contribution in [0.5, 0.6) is 0 Å². The topological polar surface area (TPSA) is 95.9 Å². The molecule has 3 unspecified atom stereocenters. The number of esters is 1. The lowest BCUT2D eigenvalue weighted by molar-refractivity contribution is -0.151. The van der Waals surface area contributed by atoms with Crippen molar-refractivity contribution in [1.29, 1.82) is 0 Å². The molecule has 0 aromatic rings. The van der Waals surface area contributed by atoms with E-state index in [1.165, 1.54) is 141 Å². The number of carbonyl (C=O) groups excluding carboxylic acids is 2. The lowest BCUT2D eigenvalue weighted by atomic mass is 10.0. The molecule has 1 amide bonds. The van der Waals surface area contributed by atoms with Crippen molar-refractivity contribution in [1.82, 2.24) is 5.32 Å². The first-order chi connectivity index (χ1) is 31.5. The van der Waals surface area contributed by atoms with Crippen LogP contribution in [-0.4, -0.2) is 46.9 Å². The highest BCUT2D eigenvalue weighted by Crippen LogP contribution is 2.17. The first-order valence-electron chi connectivity index (χ1n) is 27.2. The molecule has 0 aliphatic heterocycles. The molecule has 0 spiro atoms. The lowest BCUT2D eigenvalue weighted by Gasteiger charge is -2.24. The molecule has 3 atom stereocenters. The van der Waals surface area contributed by atoms with E-state index in [2.05, 4.69) is 99.0 Å². The largest absolute Gasteiger partial charge is 0.462 e. The van der Waals surface area contributed by atoms with E-state index in [4.69, 9.17) is 4.74 Å². The van der Waals surface area contributed by atoms with Crippen LogP contribution in [0.25, 0.3) is 0 Å². The predicted molar refractivity (Wildman–Crippen MR) is 278 cm³/mol. The number of aliphatic hydroxyl groups is 2. The molecule has 0 fully saturated rings. The van der Waals surface area contributed by atoms with E-state index in [-0.39, 0.29) is 24.9 Å². The van der Waals surface area contributed by atoms with Crippen molar-refractivity contribution in [2.75, 3.05) is 6.61 Å². The van der Waals surface area contributed by atoms with Crippen molar-refractivity contribution in [3.05, 3.63) is 72.9 Å². The number of allylic oxidation sites excluding steroid dienone is 12. The minimum Gasteiger partial charge on any atom is -0.462 e. The van der Waals surface area contributed by atoms with Gasteiger partial charge in [0.1, 0.15) is 6.10 Å². The fraction of sp³-hybridized carbons (Fsp3) is 0.759. The van der Waals surface area contributed by atoms with Gasteiger partial charge in [-0.25, -0.2) is 0 Å². The van der Waals surface area contributed by atoms with E-state index >= 15 is 0 Å². The number of ether oxygens (including phenoxy) is 1. The maximum Gasteiger partial charge on any atom is 0.306 e. The summed E-state index contributed by atoms with van der Waals surface area (Å²) in [6.45, 7) is 6.43. The number of amides is 1. The summed E-state index contributed by atoms with van der Waals surface area (Å²) in [5, 5.41) is 23.8. The molecule has 0 aromatic carbocycles. The van der Waals surface area contributed by atoms with Gasteiger partial charge in [0, 0.05) is 6.42 Å². The number of hydrogen-bond acceptors (Lipinski definition) is 5. The van der Waals surface area contributed by atoms with E-state index in [9.17, 15) is 19.8 Å². The van der Waals surface area contributed by atoms with Crippen molar-refractivity contribution < 1.29 is 24.5 Å².